The third-order valence-electron chi connectivity index (χ3n) is 2.47. The molecule has 1 aromatic carbocycles. The van der Waals surface area contributed by atoms with Crippen LogP contribution in [-0.2, 0) is 6.42 Å². The Bertz CT molecular complexity index is 322. The largest absolute Gasteiger partial charge is 0.315 e. The fraction of sp³-hybridized carbons (Fsp3) is 0.538. The molecule has 0 aromatic heterocycles. The summed E-state index contributed by atoms with van der Waals surface area (Å²) >= 11 is 5.93. The maximum Gasteiger partial charge on any atom is 0.127 e. The number of nitrogens with one attached hydrogen (secondary N) is 2. The molecule has 1 rings (SSSR count). The zero-order valence-electron chi connectivity index (χ0n) is 10.4. The van der Waals surface area contributed by atoms with E-state index in [9.17, 15) is 4.39 Å². The van der Waals surface area contributed by atoms with Crippen molar-refractivity contribution in [2.75, 3.05) is 19.6 Å². The van der Waals surface area contributed by atoms with E-state index < -0.39 is 0 Å². The molecule has 0 bridgehead atoms. The van der Waals surface area contributed by atoms with Gasteiger partial charge in [0.1, 0.15) is 5.82 Å². The number of hydrogen-bond acceptors (Lipinski definition) is 2. The standard InChI is InChI=1S/C13H20ClFN2/c1-10(2)17-9-8-16-7-6-11-12(14)4-3-5-13(11)15/h3-5,10,16-17H,6-9H2,1-2H3. The van der Waals surface area contributed by atoms with Gasteiger partial charge in [-0.1, -0.05) is 31.5 Å². The second kappa shape index (κ2) is 7.64. The maximum atomic E-state index is 13.4. The van der Waals surface area contributed by atoms with E-state index in [0.717, 1.165) is 19.6 Å². The van der Waals surface area contributed by atoms with Gasteiger partial charge in [-0.2, -0.15) is 0 Å². The Morgan fingerprint density at radius 1 is 1.24 bits per heavy atom. The first-order chi connectivity index (χ1) is 8.11. The van der Waals surface area contributed by atoms with Crippen molar-refractivity contribution in [2.45, 2.75) is 26.3 Å². The van der Waals surface area contributed by atoms with Crippen LogP contribution in [0.1, 0.15) is 19.4 Å². The molecule has 0 aliphatic heterocycles. The molecule has 0 aliphatic rings. The van der Waals surface area contributed by atoms with Gasteiger partial charge in [0.05, 0.1) is 0 Å². The van der Waals surface area contributed by atoms with Crippen molar-refractivity contribution >= 4 is 11.6 Å². The molecular formula is C13H20ClFN2. The van der Waals surface area contributed by atoms with Gasteiger partial charge in [0.2, 0.25) is 0 Å². The van der Waals surface area contributed by atoms with Gasteiger partial charge in [0.25, 0.3) is 0 Å². The topological polar surface area (TPSA) is 24.1 Å². The Hall–Kier alpha value is -0.640. The third-order valence-corrected chi connectivity index (χ3v) is 2.82. The predicted molar refractivity (Wildman–Crippen MR) is 71.1 cm³/mol. The van der Waals surface area contributed by atoms with E-state index in [4.69, 9.17) is 11.6 Å². The van der Waals surface area contributed by atoms with Crippen LogP contribution in [0.2, 0.25) is 5.02 Å². The molecule has 0 atom stereocenters. The van der Waals surface area contributed by atoms with E-state index in [-0.39, 0.29) is 5.82 Å². The fourth-order valence-corrected chi connectivity index (χ4v) is 1.82. The summed E-state index contributed by atoms with van der Waals surface area (Å²) in [7, 11) is 0. The van der Waals surface area contributed by atoms with Gasteiger partial charge in [0.15, 0.2) is 0 Å². The summed E-state index contributed by atoms with van der Waals surface area (Å²) in [6.07, 6.45) is 0.618. The maximum absolute atomic E-state index is 13.4. The Morgan fingerprint density at radius 2 is 2.00 bits per heavy atom. The van der Waals surface area contributed by atoms with Crippen LogP contribution in [0.3, 0.4) is 0 Å². The number of benzene rings is 1. The van der Waals surface area contributed by atoms with Crippen molar-refractivity contribution in [2.24, 2.45) is 0 Å². The van der Waals surface area contributed by atoms with E-state index >= 15 is 0 Å². The molecule has 4 heteroatoms. The zero-order valence-corrected chi connectivity index (χ0v) is 11.1. The van der Waals surface area contributed by atoms with Crippen molar-refractivity contribution in [1.29, 1.82) is 0 Å². The molecule has 0 saturated heterocycles. The third kappa shape index (κ3) is 5.48. The smallest absolute Gasteiger partial charge is 0.127 e. The van der Waals surface area contributed by atoms with Crippen LogP contribution < -0.4 is 10.6 Å². The van der Waals surface area contributed by atoms with E-state index in [0.29, 0.717) is 23.0 Å². The SMILES string of the molecule is CC(C)NCCNCCc1c(F)cccc1Cl. The molecule has 2 nitrogen and oxygen atoms in total. The highest BCUT2D eigenvalue weighted by Gasteiger charge is 2.05. The van der Waals surface area contributed by atoms with Crippen molar-refractivity contribution < 1.29 is 4.39 Å². The van der Waals surface area contributed by atoms with Gasteiger partial charge < -0.3 is 10.6 Å². The van der Waals surface area contributed by atoms with E-state index in [1.807, 2.05) is 0 Å². The molecule has 0 aliphatic carbocycles. The average molecular weight is 259 g/mol. The Labute approximate surface area is 108 Å². The van der Waals surface area contributed by atoms with Crippen molar-refractivity contribution in [1.82, 2.24) is 10.6 Å². The summed E-state index contributed by atoms with van der Waals surface area (Å²) < 4.78 is 13.4. The first-order valence-electron chi connectivity index (χ1n) is 5.98. The summed E-state index contributed by atoms with van der Waals surface area (Å²) in [5, 5.41) is 7.07. The molecule has 17 heavy (non-hydrogen) atoms. The van der Waals surface area contributed by atoms with Gasteiger partial charge in [-0.15, -0.1) is 0 Å². The highest BCUT2D eigenvalue weighted by atomic mass is 35.5. The van der Waals surface area contributed by atoms with E-state index in [1.54, 1.807) is 12.1 Å². The molecule has 0 unspecified atom stereocenters. The molecule has 0 amide bonds. The molecule has 96 valence electrons. The lowest BCUT2D eigenvalue weighted by Crippen LogP contribution is -2.32. The van der Waals surface area contributed by atoms with Crippen LogP contribution in [0, 0.1) is 5.82 Å². The minimum atomic E-state index is -0.223. The van der Waals surface area contributed by atoms with Crippen molar-refractivity contribution in [3.05, 3.63) is 34.6 Å². The van der Waals surface area contributed by atoms with Crippen molar-refractivity contribution in [3.63, 3.8) is 0 Å². The molecule has 0 fully saturated rings. The van der Waals surface area contributed by atoms with Crippen LogP contribution >= 0.6 is 11.6 Å². The lowest BCUT2D eigenvalue weighted by atomic mass is 10.1. The normalized spacial score (nSPS) is 11.1. The number of hydrogen-bond donors (Lipinski definition) is 2. The summed E-state index contributed by atoms with van der Waals surface area (Å²) in [6.45, 7) is 6.76. The van der Waals surface area contributed by atoms with Crippen LogP contribution in [-0.4, -0.2) is 25.7 Å². The molecule has 2 N–H and O–H groups in total. The predicted octanol–water partition coefficient (Wildman–Crippen LogP) is 2.61. The van der Waals surface area contributed by atoms with Gasteiger partial charge in [-0.05, 0) is 25.1 Å². The van der Waals surface area contributed by atoms with Crippen LogP contribution in [0.4, 0.5) is 4.39 Å². The number of rotatable bonds is 7. The monoisotopic (exact) mass is 258 g/mol. The summed E-state index contributed by atoms with van der Waals surface area (Å²) in [5.41, 5.74) is 0.596. The molecule has 1 aromatic rings. The minimum Gasteiger partial charge on any atom is -0.315 e. The fourth-order valence-electron chi connectivity index (χ4n) is 1.56. The highest BCUT2D eigenvalue weighted by Crippen LogP contribution is 2.18. The van der Waals surface area contributed by atoms with E-state index in [1.165, 1.54) is 6.07 Å². The van der Waals surface area contributed by atoms with Crippen LogP contribution in [0.5, 0.6) is 0 Å². The molecule has 0 saturated carbocycles. The lowest BCUT2D eigenvalue weighted by molar-refractivity contribution is 0.551. The Balaban J connectivity index is 2.22. The van der Waals surface area contributed by atoms with Gasteiger partial charge >= 0.3 is 0 Å². The van der Waals surface area contributed by atoms with Gasteiger partial charge in [-0.3, -0.25) is 0 Å². The summed E-state index contributed by atoms with van der Waals surface area (Å²) in [6, 6.07) is 5.29. The average Bonchev–Trinajstić information content (AvgIpc) is 2.26. The second-order valence-corrected chi connectivity index (χ2v) is 4.72. The number of halogens is 2. The molecule has 0 spiro atoms. The van der Waals surface area contributed by atoms with Crippen LogP contribution in [0.25, 0.3) is 0 Å². The molecule has 0 radical (unpaired) electrons. The minimum absolute atomic E-state index is 0.223. The second-order valence-electron chi connectivity index (χ2n) is 4.31. The molecule has 0 heterocycles. The quantitative estimate of drug-likeness (QED) is 0.735. The summed E-state index contributed by atoms with van der Waals surface area (Å²) in [4.78, 5) is 0. The highest BCUT2D eigenvalue weighted by molar-refractivity contribution is 6.31. The zero-order chi connectivity index (χ0) is 12.7. The Kier molecular flexibility index (Phi) is 6.48. The molecular weight excluding hydrogens is 239 g/mol. The van der Waals surface area contributed by atoms with Gasteiger partial charge in [-0.25, -0.2) is 4.39 Å². The van der Waals surface area contributed by atoms with Gasteiger partial charge in [0, 0.05) is 29.7 Å². The lowest BCUT2D eigenvalue weighted by Gasteiger charge is -2.10. The van der Waals surface area contributed by atoms with Crippen molar-refractivity contribution in [3.8, 4) is 0 Å². The Morgan fingerprint density at radius 3 is 2.65 bits per heavy atom. The van der Waals surface area contributed by atoms with Crippen LogP contribution in [0.15, 0.2) is 18.2 Å². The summed E-state index contributed by atoms with van der Waals surface area (Å²) in [5.74, 6) is -0.223. The first-order valence-corrected chi connectivity index (χ1v) is 6.36. The first kappa shape index (κ1) is 14.4. The van der Waals surface area contributed by atoms with E-state index in [2.05, 4.69) is 24.5 Å².